The van der Waals surface area contributed by atoms with Gasteiger partial charge in [-0.15, -0.1) is 0 Å². The van der Waals surface area contributed by atoms with E-state index in [1.807, 2.05) is 0 Å². The molecular weight excluding hydrogens is 495 g/mol. The first kappa shape index (κ1) is 25.2. The Bertz CT molecular complexity index is 1150. The van der Waals surface area contributed by atoms with Crippen LogP contribution in [0.1, 0.15) is 0 Å². The minimum absolute atomic E-state index is 0.0540. The molecule has 4 aromatic rings. The van der Waals surface area contributed by atoms with Crippen molar-refractivity contribution >= 4 is 36.0 Å². The van der Waals surface area contributed by atoms with Crippen LogP contribution in [0.15, 0.2) is 121 Å². The molecule has 0 atom stereocenters. The SMILES string of the molecule is O=P(OC(OP(=O)(c1ccccc1)c1ccccc1)C(F)(F)F)(c1ccccc1)c1ccccc1. The minimum Gasteiger partial charge on any atom is -0.282 e. The monoisotopic (exact) mass is 516 g/mol. The standard InChI is InChI=1S/C26H21F3O4P2/c27-26(28,29)25(32-34(30,21-13-5-1-6-14-21)22-15-7-2-8-16-22)33-35(31,23-17-9-3-10-18-23)24-19-11-4-12-20-24/h1-20,25H. The summed E-state index contributed by atoms with van der Waals surface area (Å²) < 4.78 is 82.0. The van der Waals surface area contributed by atoms with E-state index in [2.05, 4.69) is 0 Å². The molecule has 0 heterocycles. The van der Waals surface area contributed by atoms with Crippen LogP contribution in [0.5, 0.6) is 0 Å². The molecule has 0 fully saturated rings. The van der Waals surface area contributed by atoms with Crippen molar-refractivity contribution in [3.63, 3.8) is 0 Å². The summed E-state index contributed by atoms with van der Waals surface area (Å²) in [5.41, 5.74) is 0. The molecule has 35 heavy (non-hydrogen) atoms. The number of alkyl halides is 3. The summed E-state index contributed by atoms with van der Waals surface area (Å²) in [5.74, 6) is 0. The van der Waals surface area contributed by atoms with Crippen molar-refractivity contribution in [2.75, 3.05) is 0 Å². The first-order valence-electron chi connectivity index (χ1n) is 10.6. The molecule has 0 spiro atoms. The third kappa shape index (κ3) is 5.50. The second-order valence-electron chi connectivity index (χ2n) is 7.53. The number of benzene rings is 4. The number of hydrogen-bond donors (Lipinski definition) is 0. The predicted molar refractivity (Wildman–Crippen MR) is 132 cm³/mol. The Kier molecular flexibility index (Phi) is 7.44. The van der Waals surface area contributed by atoms with E-state index < -0.39 is 27.2 Å². The van der Waals surface area contributed by atoms with E-state index in [0.717, 1.165) is 0 Å². The van der Waals surface area contributed by atoms with Crippen LogP contribution in [0.3, 0.4) is 0 Å². The van der Waals surface area contributed by atoms with Gasteiger partial charge in [0, 0.05) is 21.2 Å². The highest BCUT2D eigenvalue weighted by atomic mass is 31.2. The van der Waals surface area contributed by atoms with Crippen molar-refractivity contribution in [1.29, 1.82) is 0 Å². The first-order chi connectivity index (χ1) is 16.7. The third-order valence-electron chi connectivity index (χ3n) is 5.14. The van der Waals surface area contributed by atoms with E-state index in [0.29, 0.717) is 0 Å². The van der Waals surface area contributed by atoms with Gasteiger partial charge in [-0.3, -0.25) is 18.2 Å². The summed E-state index contributed by atoms with van der Waals surface area (Å²) in [6, 6.07) is 30.4. The van der Waals surface area contributed by atoms with E-state index in [-0.39, 0.29) is 21.2 Å². The summed E-state index contributed by atoms with van der Waals surface area (Å²) >= 11 is 0. The largest absolute Gasteiger partial charge is 0.440 e. The third-order valence-corrected chi connectivity index (χ3v) is 10.0. The highest BCUT2D eigenvalue weighted by molar-refractivity contribution is 7.75. The predicted octanol–water partition coefficient (Wildman–Crippen LogP) is 5.77. The Hall–Kier alpha value is -2.95. The normalized spacial score (nSPS) is 12.6. The molecule has 0 aliphatic carbocycles. The fourth-order valence-electron chi connectivity index (χ4n) is 3.45. The maximum Gasteiger partial charge on any atom is 0.440 e. The van der Waals surface area contributed by atoms with Crippen LogP contribution in [0.4, 0.5) is 13.2 Å². The minimum atomic E-state index is -5.14. The van der Waals surface area contributed by atoms with Gasteiger partial charge in [0.05, 0.1) is 0 Å². The Morgan fingerprint density at radius 1 is 0.486 bits per heavy atom. The molecule has 180 valence electrons. The van der Waals surface area contributed by atoms with Crippen molar-refractivity contribution in [2.24, 2.45) is 0 Å². The molecule has 4 aromatic carbocycles. The van der Waals surface area contributed by atoms with Gasteiger partial charge in [0.15, 0.2) is 0 Å². The Morgan fingerprint density at radius 3 is 0.914 bits per heavy atom. The molecule has 0 N–H and O–H groups in total. The van der Waals surface area contributed by atoms with Crippen LogP contribution < -0.4 is 21.2 Å². The van der Waals surface area contributed by atoms with Crippen LogP contribution in [0.25, 0.3) is 0 Å². The topological polar surface area (TPSA) is 52.6 Å². The average Bonchev–Trinajstić information content (AvgIpc) is 2.89. The number of hydrogen-bond acceptors (Lipinski definition) is 4. The van der Waals surface area contributed by atoms with Gasteiger partial charge in [-0.1, -0.05) is 72.8 Å². The summed E-state index contributed by atoms with van der Waals surface area (Å²) in [4.78, 5) is 0. The Balaban J connectivity index is 1.83. The van der Waals surface area contributed by atoms with E-state index >= 15 is 0 Å². The fraction of sp³-hybridized carbons (Fsp3) is 0.0769. The smallest absolute Gasteiger partial charge is 0.282 e. The van der Waals surface area contributed by atoms with E-state index in [1.165, 1.54) is 48.5 Å². The van der Waals surface area contributed by atoms with Crippen LogP contribution >= 0.6 is 14.7 Å². The molecule has 0 amide bonds. The Morgan fingerprint density at radius 2 is 0.714 bits per heavy atom. The lowest BCUT2D eigenvalue weighted by atomic mass is 10.4. The van der Waals surface area contributed by atoms with Crippen molar-refractivity contribution < 1.29 is 31.3 Å². The summed E-state index contributed by atoms with van der Waals surface area (Å²) in [6.07, 6.45) is -8.18. The molecule has 4 rings (SSSR count). The van der Waals surface area contributed by atoms with Crippen molar-refractivity contribution in [2.45, 2.75) is 12.5 Å². The number of halogens is 3. The lowest BCUT2D eigenvalue weighted by Gasteiger charge is -2.30. The maximum absolute atomic E-state index is 14.4. The quantitative estimate of drug-likeness (QED) is 0.221. The maximum atomic E-state index is 14.4. The number of rotatable bonds is 8. The molecule has 0 aliphatic heterocycles. The van der Waals surface area contributed by atoms with Gasteiger partial charge < -0.3 is 0 Å². The fourth-order valence-corrected chi connectivity index (χ4v) is 7.72. The highest BCUT2D eigenvalue weighted by Crippen LogP contribution is 2.54. The van der Waals surface area contributed by atoms with Gasteiger partial charge >= 0.3 is 6.18 Å². The first-order valence-corrected chi connectivity index (χ1v) is 13.8. The summed E-state index contributed by atoms with van der Waals surface area (Å²) in [6.45, 7) is 0. The van der Waals surface area contributed by atoms with Gasteiger partial charge in [0.2, 0.25) is 0 Å². The molecule has 0 aliphatic rings. The van der Waals surface area contributed by atoms with Gasteiger partial charge in [-0.25, -0.2) is 0 Å². The molecular formula is C26H21F3O4P2. The van der Waals surface area contributed by atoms with Crippen molar-refractivity contribution in [3.05, 3.63) is 121 Å². The molecule has 0 bridgehead atoms. The van der Waals surface area contributed by atoms with E-state index in [1.54, 1.807) is 72.8 Å². The van der Waals surface area contributed by atoms with Crippen LogP contribution in [0.2, 0.25) is 0 Å². The van der Waals surface area contributed by atoms with Crippen molar-refractivity contribution in [3.8, 4) is 0 Å². The van der Waals surface area contributed by atoms with Gasteiger partial charge in [0.1, 0.15) is 0 Å². The zero-order valence-electron chi connectivity index (χ0n) is 18.3. The molecule has 9 heteroatoms. The molecule has 0 aromatic heterocycles. The summed E-state index contributed by atoms with van der Waals surface area (Å²) in [7, 11) is -8.62. The van der Waals surface area contributed by atoms with Crippen LogP contribution in [-0.4, -0.2) is 12.5 Å². The summed E-state index contributed by atoms with van der Waals surface area (Å²) in [5, 5.41) is 0.216. The van der Waals surface area contributed by atoms with Gasteiger partial charge in [-0.05, 0) is 48.5 Å². The second-order valence-corrected chi connectivity index (χ2v) is 12.2. The highest BCUT2D eigenvalue weighted by Gasteiger charge is 2.51. The lowest BCUT2D eigenvalue weighted by molar-refractivity contribution is -0.252. The lowest BCUT2D eigenvalue weighted by Crippen LogP contribution is -2.37. The van der Waals surface area contributed by atoms with Crippen LogP contribution in [-0.2, 0) is 18.2 Å². The van der Waals surface area contributed by atoms with E-state index in [4.69, 9.17) is 9.05 Å². The molecule has 4 nitrogen and oxygen atoms in total. The zero-order valence-corrected chi connectivity index (χ0v) is 20.1. The molecule has 0 radical (unpaired) electrons. The van der Waals surface area contributed by atoms with E-state index in [9.17, 15) is 22.3 Å². The molecule has 0 unspecified atom stereocenters. The Labute approximate surface area is 201 Å². The van der Waals surface area contributed by atoms with Crippen LogP contribution in [0, 0.1) is 0 Å². The van der Waals surface area contributed by atoms with Gasteiger partial charge in [0.25, 0.3) is 21.0 Å². The average molecular weight is 516 g/mol. The zero-order chi connectivity index (χ0) is 24.9. The van der Waals surface area contributed by atoms with Gasteiger partial charge in [-0.2, -0.15) is 13.2 Å². The molecule has 0 saturated heterocycles. The van der Waals surface area contributed by atoms with Crippen molar-refractivity contribution in [1.82, 2.24) is 0 Å². The second kappa shape index (κ2) is 10.3. The molecule has 0 saturated carbocycles.